The Kier molecular flexibility index (Phi) is 5.52. The van der Waals surface area contributed by atoms with Crippen LogP contribution < -0.4 is 0 Å². The van der Waals surface area contributed by atoms with Crippen molar-refractivity contribution in [1.29, 1.82) is 0 Å². The fourth-order valence-electron chi connectivity index (χ4n) is 2.06. The summed E-state index contributed by atoms with van der Waals surface area (Å²) in [5.41, 5.74) is -8.40. The fraction of sp³-hybridized carbons (Fsp3) is 0. The van der Waals surface area contributed by atoms with Crippen LogP contribution in [0.4, 0.5) is 43.9 Å². The average molecular weight is 420 g/mol. The molecule has 28 heavy (non-hydrogen) atoms. The van der Waals surface area contributed by atoms with Crippen LogP contribution in [0.3, 0.4) is 0 Å². The van der Waals surface area contributed by atoms with Crippen molar-refractivity contribution in [3.8, 4) is 0 Å². The maximum absolute atomic E-state index is 13.8. The molecule has 150 valence electrons. The second-order valence-electron chi connectivity index (χ2n) is 4.79. The lowest BCUT2D eigenvalue weighted by Crippen LogP contribution is -2.26. The number of oxime groups is 2. The van der Waals surface area contributed by atoms with Crippen LogP contribution in [0.5, 0.6) is 0 Å². The van der Waals surface area contributed by atoms with Gasteiger partial charge < -0.3 is 10.4 Å². The minimum absolute atomic E-state index is 2.02. The van der Waals surface area contributed by atoms with E-state index in [0.29, 0.717) is 0 Å². The first-order valence-electron chi connectivity index (χ1n) is 6.49. The van der Waals surface area contributed by atoms with E-state index in [4.69, 9.17) is 10.4 Å². The SMILES string of the molecule is O/N=C(/C(=N/O)c1c(F)c(F)c(F)c(F)c1F)c1c(F)c(F)c(F)c(F)c1F. The van der Waals surface area contributed by atoms with Gasteiger partial charge in [0, 0.05) is 0 Å². The number of halogens is 10. The van der Waals surface area contributed by atoms with Gasteiger partial charge >= 0.3 is 0 Å². The Labute approximate surface area is 146 Å². The summed E-state index contributed by atoms with van der Waals surface area (Å²) in [7, 11) is 0. The zero-order valence-electron chi connectivity index (χ0n) is 12.6. The summed E-state index contributed by atoms with van der Waals surface area (Å²) in [4.78, 5) is 0. The van der Waals surface area contributed by atoms with Gasteiger partial charge in [0.15, 0.2) is 46.5 Å². The highest BCUT2D eigenvalue weighted by Gasteiger charge is 2.36. The Morgan fingerprint density at radius 2 is 0.571 bits per heavy atom. The maximum Gasteiger partial charge on any atom is 0.200 e. The van der Waals surface area contributed by atoms with Crippen molar-refractivity contribution in [2.24, 2.45) is 10.3 Å². The summed E-state index contributed by atoms with van der Waals surface area (Å²) in [6.45, 7) is 0. The van der Waals surface area contributed by atoms with Gasteiger partial charge in [0.1, 0.15) is 11.4 Å². The van der Waals surface area contributed by atoms with Gasteiger partial charge in [-0.3, -0.25) is 0 Å². The molecule has 2 rings (SSSR count). The molecule has 0 saturated carbocycles. The molecule has 0 heterocycles. The van der Waals surface area contributed by atoms with Crippen LogP contribution >= 0.6 is 0 Å². The highest BCUT2D eigenvalue weighted by atomic mass is 19.2. The molecule has 0 unspecified atom stereocenters. The molecule has 0 aliphatic rings. The summed E-state index contributed by atoms with van der Waals surface area (Å²) in [5.74, 6) is -26.6. The zero-order chi connectivity index (χ0) is 21.5. The third kappa shape index (κ3) is 2.90. The number of hydrogen-bond acceptors (Lipinski definition) is 4. The number of nitrogens with zero attached hydrogens (tertiary/aromatic N) is 2. The van der Waals surface area contributed by atoms with Crippen LogP contribution in [0, 0.1) is 58.2 Å². The first kappa shape index (κ1) is 21.0. The Balaban J connectivity index is 2.91. The summed E-state index contributed by atoms with van der Waals surface area (Å²) in [6.07, 6.45) is 0. The predicted octanol–water partition coefficient (Wildman–Crippen LogP) is 4.13. The van der Waals surface area contributed by atoms with E-state index in [0.717, 1.165) is 0 Å². The number of hydrogen-bond donors (Lipinski definition) is 2. The summed E-state index contributed by atoms with van der Waals surface area (Å²) in [5, 5.41) is 21.7. The van der Waals surface area contributed by atoms with Gasteiger partial charge in [0.05, 0.1) is 11.1 Å². The van der Waals surface area contributed by atoms with Crippen molar-refractivity contribution < 1.29 is 54.3 Å². The van der Waals surface area contributed by atoms with Crippen LogP contribution in [0.25, 0.3) is 0 Å². The second-order valence-corrected chi connectivity index (χ2v) is 4.79. The lowest BCUT2D eigenvalue weighted by atomic mass is 9.97. The fourth-order valence-corrected chi connectivity index (χ4v) is 2.06. The molecule has 0 atom stereocenters. The van der Waals surface area contributed by atoms with Crippen LogP contribution in [0.1, 0.15) is 11.1 Å². The normalized spacial score (nSPS) is 12.6. The summed E-state index contributed by atoms with van der Waals surface area (Å²) >= 11 is 0. The van der Waals surface area contributed by atoms with Crippen molar-refractivity contribution in [2.45, 2.75) is 0 Å². The van der Waals surface area contributed by atoms with Crippen molar-refractivity contribution in [3.63, 3.8) is 0 Å². The predicted molar refractivity (Wildman–Crippen MR) is 69.1 cm³/mol. The van der Waals surface area contributed by atoms with Gasteiger partial charge in [-0.05, 0) is 0 Å². The molecule has 0 radical (unpaired) electrons. The second kappa shape index (κ2) is 7.36. The molecular weight excluding hydrogens is 418 g/mol. The van der Waals surface area contributed by atoms with Crippen molar-refractivity contribution >= 4 is 11.4 Å². The summed E-state index contributed by atoms with van der Waals surface area (Å²) < 4.78 is 135. The van der Waals surface area contributed by atoms with Gasteiger partial charge in [-0.1, -0.05) is 10.3 Å². The van der Waals surface area contributed by atoms with Crippen molar-refractivity contribution in [3.05, 3.63) is 69.3 Å². The van der Waals surface area contributed by atoms with E-state index in [9.17, 15) is 43.9 Å². The lowest BCUT2D eigenvalue weighted by molar-refractivity contribution is 0.312. The van der Waals surface area contributed by atoms with Crippen LogP contribution in [-0.4, -0.2) is 21.8 Å². The molecule has 0 saturated heterocycles. The molecule has 0 aliphatic heterocycles. The van der Waals surface area contributed by atoms with Crippen molar-refractivity contribution in [1.82, 2.24) is 0 Å². The van der Waals surface area contributed by atoms with Crippen LogP contribution in [0.2, 0.25) is 0 Å². The number of benzene rings is 2. The third-order valence-corrected chi connectivity index (χ3v) is 3.32. The van der Waals surface area contributed by atoms with Gasteiger partial charge in [0.2, 0.25) is 11.6 Å². The van der Waals surface area contributed by atoms with E-state index in [1.807, 2.05) is 10.3 Å². The Bertz CT molecular complexity index is 910. The molecule has 0 aromatic heterocycles. The molecule has 0 amide bonds. The first-order chi connectivity index (χ1) is 13.0. The van der Waals surface area contributed by atoms with E-state index in [2.05, 4.69) is 0 Å². The Morgan fingerprint density at radius 3 is 0.750 bits per heavy atom. The van der Waals surface area contributed by atoms with Gasteiger partial charge in [-0.2, -0.15) is 0 Å². The molecule has 0 spiro atoms. The third-order valence-electron chi connectivity index (χ3n) is 3.32. The Morgan fingerprint density at radius 1 is 0.393 bits per heavy atom. The van der Waals surface area contributed by atoms with Crippen LogP contribution in [-0.2, 0) is 0 Å². The summed E-state index contributed by atoms with van der Waals surface area (Å²) in [6, 6.07) is 0. The molecule has 4 nitrogen and oxygen atoms in total. The highest BCUT2D eigenvalue weighted by Crippen LogP contribution is 2.28. The molecule has 0 aliphatic carbocycles. The van der Waals surface area contributed by atoms with Gasteiger partial charge in [0.25, 0.3) is 0 Å². The smallest absolute Gasteiger partial charge is 0.200 e. The van der Waals surface area contributed by atoms with Gasteiger partial charge in [-0.25, -0.2) is 43.9 Å². The van der Waals surface area contributed by atoms with E-state index in [-0.39, 0.29) is 0 Å². The Hall–Kier alpha value is -3.32. The van der Waals surface area contributed by atoms with E-state index in [1.54, 1.807) is 0 Å². The van der Waals surface area contributed by atoms with Crippen molar-refractivity contribution in [2.75, 3.05) is 0 Å². The average Bonchev–Trinajstić information content (AvgIpc) is 2.68. The largest absolute Gasteiger partial charge is 0.410 e. The molecule has 0 bridgehead atoms. The highest BCUT2D eigenvalue weighted by molar-refractivity contribution is 6.53. The topological polar surface area (TPSA) is 65.2 Å². The monoisotopic (exact) mass is 420 g/mol. The van der Waals surface area contributed by atoms with Crippen LogP contribution in [0.15, 0.2) is 10.3 Å². The minimum atomic E-state index is -2.69. The minimum Gasteiger partial charge on any atom is -0.410 e. The standard InChI is InChI=1S/C14H2F10N2O2/c15-3-1(4(16)8(20)11(23)7(3)19)13(25-27)14(26-28)2-5(17)9(21)12(24)10(22)6(2)18/h27-28H/b25-13+,26-14+. The molecule has 2 N–H and O–H groups in total. The van der Waals surface area contributed by atoms with E-state index < -0.39 is 80.7 Å². The molecule has 2 aromatic carbocycles. The maximum atomic E-state index is 13.8. The first-order valence-corrected chi connectivity index (χ1v) is 6.49. The molecule has 14 heteroatoms. The molecule has 0 fully saturated rings. The molecule has 2 aromatic rings. The molecular formula is C14H2F10N2O2. The van der Waals surface area contributed by atoms with E-state index >= 15 is 0 Å². The van der Waals surface area contributed by atoms with Gasteiger partial charge in [-0.15, -0.1) is 0 Å². The quantitative estimate of drug-likeness (QED) is 0.196. The zero-order valence-corrected chi connectivity index (χ0v) is 12.6. The lowest BCUT2D eigenvalue weighted by Gasteiger charge is -2.13. The van der Waals surface area contributed by atoms with E-state index in [1.165, 1.54) is 0 Å². The number of rotatable bonds is 3.